The molecular formula is C14H17ClN4O2. The second-order valence-corrected chi connectivity index (χ2v) is 4.97. The van der Waals surface area contributed by atoms with Crippen LogP contribution in [0.2, 0.25) is 5.02 Å². The van der Waals surface area contributed by atoms with E-state index in [-0.39, 0.29) is 17.4 Å². The van der Waals surface area contributed by atoms with Crippen molar-refractivity contribution in [2.24, 2.45) is 0 Å². The number of phenolic OH excluding ortho intramolecular Hbond substituents is 1. The van der Waals surface area contributed by atoms with Gasteiger partial charge in [-0.25, -0.2) is 9.67 Å². The van der Waals surface area contributed by atoms with Crippen LogP contribution < -0.4 is 5.32 Å². The van der Waals surface area contributed by atoms with E-state index < -0.39 is 5.91 Å². The van der Waals surface area contributed by atoms with Gasteiger partial charge in [0.1, 0.15) is 17.9 Å². The smallest absolute Gasteiger partial charge is 0.255 e. The lowest BCUT2D eigenvalue weighted by Crippen LogP contribution is -2.30. The SMILES string of the molecule is CCC(NC(=O)c1cc(Cl)ccc1O)c1ncnn1CC. The summed E-state index contributed by atoms with van der Waals surface area (Å²) in [6.45, 7) is 4.57. The highest BCUT2D eigenvalue weighted by molar-refractivity contribution is 6.31. The van der Waals surface area contributed by atoms with E-state index in [0.717, 1.165) is 0 Å². The van der Waals surface area contributed by atoms with Gasteiger partial charge in [0.05, 0.1) is 11.6 Å². The average Bonchev–Trinajstić information content (AvgIpc) is 2.95. The second-order valence-electron chi connectivity index (χ2n) is 4.53. The van der Waals surface area contributed by atoms with Crippen molar-refractivity contribution in [3.8, 4) is 5.75 Å². The first-order chi connectivity index (χ1) is 10.1. The maximum absolute atomic E-state index is 12.3. The molecule has 0 spiro atoms. The molecule has 1 atom stereocenters. The first-order valence-electron chi connectivity index (χ1n) is 6.73. The Morgan fingerprint density at radius 3 is 2.90 bits per heavy atom. The third-order valence-corrected chi connectivity index (χ3v) is 3.41. The van der Waals surface area contributed by atoms with Gasteiger partial charge in [-0.3, -0.25) is 4.79 Å². The number of aryl methyl sites for hydroxylation is 1. The number of hydrogen-bond acceptors (Lipinski definition) is 4. The lowest BCUT2D eigenvalue weighted by atomic mass is 10.1. The number of phenols is 1. The van der Waals surface area contributed by atoms with Crippen molar-refractivity contribution in [3.05, 3.63) is 40.9 Å². The van der Waals surface area contributed by atoms with Crippen LogP contribution in [0.4, 0.5) is 0 Å². The highest BCUT2D eigenvalue weighted by Gasteiger charge is 2.20. The minimum absolute atomic E-state index is 0.108. The lowest BCUT2D eigenvalue weighted by molar-refractivity contribution is 0.0930. The first-order valence-corrected chi connectivity index (χ1v) is 7.11. The molecule has 1 aromatic heterocycles. The second kappa shape index (κ2) is 6.58. The number of amides is 1. The van der Waals surface area contributed by atoms with Crippen molar-refractivity contribution in [1.29, 1.82) is 0 Å². The van der Waals surface area contributed by atoms with Crippen molar-refractivity contribution >= 4 is 17.5 Å². The van der Waals surface area contributed by atoms with Crippen molar-refractivity contribution in [3.63, 3.8) is 0 Å². The average molecular weight is 309 g/mol. The number of aromatic hydroxyl groups is 1. The number of nitrogens with zero attached hydrogens (tertiary/aromatic N) is 3. The molecule has 0 aliphatic heterocycles. The van der Waals surface area contributed by atoms with Crippen LogP contribution in [0.25, 0.3) is 0 Å². The maximum Gasteiger partial charge on any atom is 0.255 e. The predicted molar refractivity (Wildman–Crippen MR) is 79.3 cm³/mol. The topological polar surface area (TPSA) is 80.0 Å². The third kappa shape index (κ3) is 3.33. The Morgan fingerprint density at radius 2 is 2.24 bits per heavy atom. The number of halogens is 1. The van der Waals surface area contributed by atoms with Crippen LogP contribution in [0.1, 0.15) is 42.5 Å². The van der Waals surface area contributed by atoms with E-state index in [9.17, 15) is 9.90 Å². The molecule has 6 nitrogen and oxygen atoms in total. The molecule has 0 bridgehead atoms. The zero-order chi connectivity index (χ0) is 15.4. The van der Waals surface area contributed by atoms with Gasteiger partial charge in [0.25, 0.3) is 5.91 Å². The summed E-state index contributed by atoms with van der Waals surface area (Å²) >= 11 is 5.86. The molecule has 1 amide bonds. The summed E-state index contributed by atoms with van der Waals surface area (Å²) in [6.07, 6.45) is 2.12. The van der Waals surface area contributed by atoms with Crippen molar-refractivity contribution < 1.29 is 9.90 Å². The molecule has 112 valence electrons. The Balaban J connectivity index is 2.22. The number of nitrogens with one attached hydrogen (secondary N) is 1. The van der Waals surface area contributed by atoms with Gasteiger partial charge in [-0.05, 0) is 31.5 Å². The van der Waals surface area contributed by atoms with Crippen LogP contribution in [0, 0.1) is 0 Å². The van der Waals surface area contributed by atoms with Crippen molar-refractivity contribution in [1.82, 2.24) is 20.1 Å². The van der Waals surface area contributed by atoms with Crippen LogP contribution >= 0.6 is 11.6 Å². The zero-order valence-corrected chi connectivity index (χ0v) is 12.6. The molecule has 1 aromatic carbocycles. The minimum Gasteiger partial charge on any atom is -0.507 e. The summed E-state index contributed by atoms with van der Waals surface area (Å²) in [5.74, 6) is 0.186. The number of hydrogen-bond donors (Lipinski definition) is 2. The number of aromatic nitrogens is 3. The van der Waals surface area contributed by atoms with Gasteiger partial charge in [0.2, 0.25) is 0 Å². The van der Waals surface area contributed by atoms with Gasteiger partial charge in [0.15, 0.2) is 0 Å². The third-order valence-electron chi connectivity index (χ3n) is 3.17. The largest absolute Gasteiger partial charge is 0.507 e. The first kappa shape index (κ1) is 15.3. The molecule has 2 aromatic rings. The van der Waals surface area contributed by atoms with Crippen LogP contribution in [0.15, 0.2) is 24.5 Å². The van der Waals surface area contributed by atoms with Crippen molar-refractivity contribution in [2.75, 3.05) is 0 Å². The number of carbonyl (C=O) groups is 1. The standard InChI is InChI=1S/C14H17ClN4O2/c1-3-11(13-16-8-17-19(13)4-2)18-14(21)10-7-9(15)5-6-12(10)20/h5-8,11,20H,3-4H2,1-2H3,(H,18,21). The van der Waals surface area contributed by atoms with E-state index in [1.807, 2.05) is 13.8 Å². The lowest BCUT2D eigenvalue weighted by Gasteiger charge is -2.17. The Morgan fingerprint density at radius 1 is 1.48 bits per heavy atom. The molecule has 2 N–H and O–H groups in total. The molecule has 0 aliphatic carbocycles. The summed E-state index contributed by atoms with van der Waals surface area (Å²) in [7, 11) is 0. The van der Waals surface area contributed by atoms with E-state index >= 15 is 0 Å². The normalized spacial score (nSPS) is 12.1. The molecule has 2 rings (SSSR count). The van der Waals surface area contributed by atoms with Crippen LogP contribution in [0.5, 0.6) is 5.75 Å². The molecule has 1 heterocycles. The minimum atomic E-state index is -0.396. The van der Waals surface area contributed by atoms with Crippen LogP contribution in [0.3, 0.4) is 0 Å². The van der Waals surface area contributed by atoms with E-state index in [0.29, 0.717) is 23.8 Å². The molecule has 1 unspecified atom stereocenters. The maximum atomic E-state index is 12.3. The Hall–Kier alpha value is -2.08. The van der Waals surface area contributed by atoms with Gasteiger partial charge in [-0.2, -0.15) is 5.10 Å². The summed E-state index contributed by atoms with van der Waals surface area (Å²) < 4.78 is 1.73. The molecule has 7 heteroatoms. The van der Waals surface area contributed by atoms with E-state index in [4.69, 9.17) is 11.6 Å². The Bertz CT molecular complexity index is 642. The van der Waals surface area contributed by atoms with Gasteiger partial charge in [0, 0.05) is 11.6 Å². The number of carbonyl (C=O) groups excluding carboxylic acids is 1. The Kier molecular flexibility index (Phi) is 4.80. The highest BCUT2D eigenvalue weighted by Crippen LogP contribution is 2.23. The van der Waals surface area contributed by atoms with Gasteiger partial charge in [-0.1, -0.05) is 18.5 Å². The zero-order valence-electron chi connectivity index (χ0n) is 11.9. The fourth-order valence-corrected chi connectivity index (χ4v) is 2.23. The summed E-state index contributed by atoms with van der Waals surface area (Å²) in [6, 6.07) is 4.08. The summed E-state index contributed by atoms with van der Waals surface area (Å²) in [5.41, 5.74) is 0.142. The number of benzene rings is 1. The molecule has 0 saturated carbocycles. The molecule has 21 heavy (non-hydrogen) atoms. The molecule has 0 saturated heterocycles. The van der Waals surface area contributed by atoms with Gasteiger partial charge >= 0.3 is 0 Å². The van der Waals surface area contributed by atoms with Gasteiger partial charge < -0.3 is 10.4 Å². The van der Waals surface area contributed by atoms with E-state index in [1.165, 1.54) is 24.5 Å². The summed E-state index contributed by atoms with van der Waals surface area (Å²) in [5, 5.41) is 17.1. The van der Waals surface area contributed by atoms with E-state index in [1.54, 1.807) is 4.68 Å². The van der Waals surface area contributed by atoms with Crippen LogP contribution in [-0.4, -0.2) is 25.8 Å². The monoisotopic (exact) mass is 308 g/mol. The molecule has 0 radical (unpaired) electrons. The quantitative estimate of drug-likeness (QED) is 0.889. The van der Waals surface area contributed by atoms with Crippen molar-refractivity contribution in [2.45, 2.75) is 32.9 Å². The highest BCUT2D eigenvalue weighted by atomic mass is 35.5. The summed E-state index contributed by atoms with van der Waals surface area (Å²) in [4.78, 5) is 16.5. The molecule has 0 aliphatic rings. The number of rotatable bonds is 5. The molecule has 0 fully saturated rings. The fourth-order valence-electron chi connectivity index (χ4n) is 2.06. The van der Waals surface area contributed by atoms with E-state index in [2.05, 4.69) is 15.4 Å². The fraction of sp³-hybridized carbons (Fsp3) is 0.357. The molecular weight excluding hydrogens is 292 g/mol. The Labute approximate surface area is 127 Å². The van der Waals surface area contributed by atoms with Gasteiger partial charge in [-0.15, -0.1) is 0 Å². The predicted octanol–water partition coefficient (Wildman–Crippen LogP) is 2.54. The van der Waals surface area contributed by atoms with Crippen LogP contribution in [-0.2, 0) is 6.54 Å².